The van der Waals surface area contributed by atoms with Crippen LogP contribution < -0.4 is 10.1 Å². The molecule has 1 heterocycles. The number of aromatic nitrogens is 3. The molecule has 8 heteroatoms. The maximum atomic E-state index is 9.99. The summed E-state index contributed by atoms with van der Waals surface area (Å²) in [5.41, 5.74) is 3.84. The van der Waals surface area contributed by atoms with Crippen molar-refractivity contribution in [3.05, 3.63) is 66.7 Å². The molecule has 0 bridgehead atoms. The van der Waals surface area contributed by atoms with Crippen molar-refractivity contribution in [1.29, 1.82) is 0 Å². The summed E-state index contributed by atoms with van der Waals surface area (Å²) in [5.74, 6) is 0.692. The molecule has 8 nitrogen and oxygen atoms in total. The topological polar surface area (TPSA) is 90.7 Å². The molecule has 2 aromatic carbocycles. The number of aryl methyl sites for hydroxylation is 1. The quantitative estimate of drug-likeness (QED) is 0.285. The largest absolute Gasteiger partial charge is 0.460 e. The Bertz CT molecular complexity index is 987. The molecular formula is C25H32N4O4. The SMILES string of the molecule is C=CCOCC(O)CNc1ccc(-n2nc(OCCOCC)nc2-c2ccc(C)cc2)cc1. The number of aliphatic hydroxyl groups excluding tert-OH is 1. The van der Waals surface area contributed by atoms with Crippen molar-refractivity contribution in [2.24, 2.45) is 0 Å². The molecule has 0 saturated heterocycles. The molecule has 3 aromatic rings. The Labute approximate surface area is 194 Å². The van der Waals surface area contributed by atoms with Crippen LogP contribution in [-0.4, -0.2) is 65.6 Å². The summed E-state index contributed by atoms with van der Waals surface area (Å²) in [4.78, 5) is 4.61. The second kappa shape index (κ2) is 12.7. The predicted octanol–water partition coefficient (Wildman–Crippen LogP) is 3.63. The molecule has 0 fully saturated rings. The molecule has 0 amide bonds. The summed E-state index contributed by atoms with van der Waals surface area (Å²) in [6.07, 6.45) is 1.05. The Hall–Kier alpha value is -3.20. The summed E-state index contributed by atoms with van der Waals surface area (Å²) >= 11 is 0. The molecule has 2 N–H and O–H groups in total. The number of aliphatic hydroxyl groups is 1. The Morgan fingerprint density at radius 3 is 2.55 bits per heavy atom. The molecular weight excluding hydrogens is 420 g/mol. The summed E-state index contributed by atoms with van der Waals surface area (Å²) in [6, 6.07) is 16.2. The van der Waals surface area contributed by atoms with E-state index in [9.17, 15) is 5.11 Å². The van der Waals surface area contributed by atoms with E-state index >= 15 is 0 Å². The van der Waals surface area contributed by atoms with Gasteiger partial charge in [-0.1, -0.05) is 35.9 Å². The van der Waals surface area contributed by atoms with Crippen LogP contribution in [0.1, 0.15) is 12.5 Å². The molecule has 1 atom stereocenters. The van der Waals surface area contributed by atoms with Crippen molar-refractivity contribution in [3.8, 4) is 23.1 Å². The third kappa shape index (κ3) is 7.42. The minimum absolute atomic E-state index is 0.252. The van der Waals surface area contributed by atoms with Crippen molar-refractivity contribution in [1.82, 2.24) is 14.8 Å². The van der Waals surface area contributed by atoms with Gasteiger partial charge in [-0.15, -0.1) is 11.7 Å². The van der Waals surface area contributed by atoms with Crippen LogP contribution in [-0.2, 0) is 9.47 Å². The summed E-state index contributed by atoms with van der Waals surface area (Å²) < 4.78 is 18.1. The summed E-state index contributed by atoms with van der Waals surface area (Å²) in [5, 5.41) is 17.8. The molecule has 176 valence electrons. The highest BCUT2D eigenvalue weighted by Crippen LogP contribution is 2.25. The fourth-order valence-electron chi connectivity index (χ4n) is 3.06. The molecule has 0 saturated carbocycles. The Morgan fingerprint density at radius 2 is 1.85 bits per heavy atom. The normalized spacial score (nSPS) is 11.8. The number of hydrogen-bond donors (Lipinski definition) is 2. The number of hydrogen-bond acceptors (Lipinski definition) is 7. The molecule has 3 rings (SSSR count). The van der Waals surface area contributed by atoms with Crippen molar-refractivity contribution >= 4 is 5.69 Å². The minimum atomic E-state index is -0.607. The van der Waals surface area contributed by atoms with E-state index in [0.717, 1.165) is 16.9 Å². The molecule has 1 aromatic heterocycles. The van der Waals surface area contributed by atoms with Gasteiger partial charge in [0.05, 0.1) is 31.6 Å². The van der Waals surface area contributed by atoms with Crippen LogP contribution in [0.15, 0.2) is 61.2 Å². The molecule has 0 aliphatic heterocycles. The first-order valence-electron chi connectivity index (χ1n) is 11.1. The van der Waals surface area contributed by atoms with Gasteiger partial charge in [0.25, 0.3) is 0 Å². The number of anilines is 1. The number of ether oxygens (including phenoxy) is 3. The van der Waals surface area contributed by atoms with E-state index in [2.05, 4.69) is 22.0 Å². The van der Waals surface area contributed by atoms with Gasteiger partial charge in [-0.2, -0.15) is 4.98 Å². The zero-order valence-electron chi connectivity index (χ0n) is 19.2. The van der Waals surface area contributed by atoms with Gasteiger partial charge >= 0.3 is 6.01 Å². The first-order chi connectivity index (χ1) is 16.1. The fourth-order valence-corrected chi connectivity index (χ4v) is 3.06. The van der Waals surface area contributed by atoms with E-state index in [1.165, 1.54) is 5.56 Å². The highest BCUT2D eigenvalue weighted by Gasteiger charge is 2.15. The van der Waals surface area contributed by atoms with Crippen LogP contribution >= 0.6 is 0 Å². The van der Waals surface area contributed by atoms with Crippen LogP contribution in [0.25, 0.3) is 17.1 Å². The average molecular weight is 453 g/mol. The van der Waals surface area contributed by atoms with Crippen molar-refractivity contribution in [3.63, 3.8) is 0 Å². The third-order valence-electron chi connectivity index (χ3n) is 4.76. The monoisotopic (exact) mass is 452 g/mol. The lowest BCUT2D eigenvalue weighted by Crippen LogP contribution is -2.24. The van der Waals surface area contributed by atoms with Crippen molar-refractivity contribution in [2.45, 2.75) is 20.0 Å². The minimum Gasteiger partial charge on any atom is -0.460 e. The van der Waals surface area contributed by atoms with E-state index in [-0.39, 0.29) is 6.61 Å². The molecule has 0 aliphatic carbocycles. The Balaban J connectivity index is 1.73. The van der Waals surface area contributed by atoms with Crippen LogP contribution in [0.4, 0.5) is 5.69 Å². The van der Waals surface area contributed by atoms with Crippen molar-refractivity contribution in [2.75, 3.05) is 44.9 Å². The van der Waals surface area contributed by atoms with Gasteiger partial charge in [0.15, 0.2) is 5.82 Å². The zero-order valence-corrected chi connectivity index (χ0v) is 19.2. The van der Waals surface area contributed by atoms with Gasteiger partial charge in [0.1, 0.15) is 6.61 Å². The smallest absolute Gasteiger partial charge is 0.336 e. The Kier molecular flexibility index (Phi) is 9.44. The standard InChI is InChI=1S/C25H32N4O4/c1-4-14-32-18-23(30)17-26-21-10-12-22(13-11-21)29-24(20-8-6-19(3)7-9-20)27-25(28-29)33-16-15-31-5-2/h4,6-13,23,26,30H,1,5,14-18H2,2-3H3. The van der Waals surface area contributed by atoms with E-state index in [1.807, 2.05) is 62.4 Å². The zero-order chi connectivity index (χ0) is 23.5. The van der Waals surface area contributed by atoms with Gasteiger partial charge < -0.3 is 24.6 Å². The van der Waals surface area contributed by atoms with Crippen molar-refractivity contribution < 1.29 is 19.3 Å². The lowest BCUT2D eigenvalue weighted by Gasteiger charge is -2.13. The van der Waals surface area contributed by atoms with Gasteiger partial charge in [-0.25, -0.2) is 4.68 Å². The lowest BCUT2D eigenvalue weighted by atomic mass is 10.1. The predicted molar refractivity (Wildman–Crippen MR) is 129 cm³/mol. The van der Waals surface area contributed by atoms with Crippen LogP contribution in [0.2, 0.25) is 0 Å². The highest BCUT2D eigenvalue weighted by molar-refractivity contribution is 5.60. The van der Waals surface area contributed by atoms with Crippen LogP contribution in [0, 0.1) is 6.92 Å². The van der Waals surface area contributed by atoms with Gasteiger partial charge in [-0.05, 0) is 38.1 Å². The molecule has 0 aliphatic rings. The number of nitrogens with zero attached hydrogens (tertiary/aromatic N) is 3. The lowest BCUT2D eigenvalue weighted by molar-refractivity contribution is 0.0566. The van der Waals surface area contributed by atoms with E-state index in [0.29, 0.717) is 44.8 Å². The van der Waals surface area contributed by atoms with Gasteiger partial charge in [0, 0.05) is 24.4 Å². The van der Waals surface area contributed by atoms with Crippen LogP contribution in [0.3, 0.4) is 0 Å². The maximum Gasteiger partial charge on any atom is 0.336 e. The second-order valence-corrected chi connectivity index (χ2v) is 7.45. The molecule has 0 spiro atoms. The number of rotatable bonds is 14. The average Bonchev–Trinajstić information content (AvgIpc) is 3.26. The van der Waals surface area contributed by atoms with E-state index in [1.54, 1.807) is 10.8 Å². The second-order valence-electron chi connectivity index (χ2n) is 7.45. The summed E-state index contributed by atoms with van der Waals surface area (Å²) in [7, 11) is 0. The number of nitrogens with one attached hydrogen (secondary N) is 1. The number of benzene rings is 2. The molecule has 33 heavy (non-hydrogen) atoms. The van der Waals surface area contributed by atoms with Gasteiger partial charge in [-0.3, -0.25) is 0 Å². The highest BCUT2D eigenvalue weighted by atomic mass is 16.5. The van der Waals surface area contributed by atoms with E-state index in [4.69, 9.17) is 14.2 Å². The Morgan fingerprint density at radius 1 is 1.09 bits per heavy atom. The maximum absolute atomic E-state index is 9.99. The molecule has 0 radical (unpaired) electrons. The van der Waals surface area contributed by atoms with Crippen LogP contribution in [0.5, 0.6) is 6.01 Å². The van der Waals surface area contributed by atoms with Gasteiger partial charge in [0.2, 0.25) is 0 Å². The third-order valence-corrected chi connectivity index (χ3v) is 4.76. The first kappa shape index (κ1) is 24.4. The van der Waals surface area contributed by atoms with E-state index < -0.39 is 6.10 Å². The fraction of sp³-hybridized carbons (Fsp3) is 0.360. The molecule has 1 unspecified atom stereocenters. The first-order valence-corrected chi connectivity index (χ1v) is 11.1. The summed E-state index contributed by atoms with van der Waals surface area (Å²) in [6.45, 7) is 10.1.